The third kappa shape index (κ3) is 7.18. The Hall–Kier alpha value is -2.16. The summed E-state index contributed by atoms with van der Waals surface area (Å²) in [5.41, 5.74) is -1.02. The van der Waals surface area contributed by atoms with Crippen molar-refractivity contribution in [3.8, 4) is 0 Å². The Balaban J connectivity index is 2.01. The minimum absolute atomic E-state index is 0.0645. The summed E-state index contributed by atoms with van der Waals surface area (Å²) in [6.45, 7) is 5.94. The van der Waals surface area contributed by atoms with Crippen molar-refractivity contribution < 1.29 is 35.1 Å². The molecule has 1 nitrogen and oxygen atoms in total. The van der Waals surface area contributed by atoms with Crippen molar-refractivity contribution in [2.24, 2.45) is 5.41 Å². The fraction of sp³-hybridized carbons (Fsp3) is 0.500. The molecule has 9 heteroatoms. The first-order valence-electron chi connectivity index (χ1n) is 11.3. The van der Waals surface area contributed by atoms with Gasteiger partial charge in [-0.3, -0.25) is 4.90 Å². The van der Waals surface area contributed by atoms with E-state index in [1.165, 1.54) is 24.3 Å². The minimum Gasteiger partial charge on any atom is -0.289 e. The lowest BCUT2D eigenvalue weighted by Crippen LogP contribution is -2.44. The predicted octanol–water partition coefficient (Wildman–Crippen LogP) is 8.88. The molecule has 2 atom stereocenters. The monoisotopic (exact) mass is 506 g/mol. The molecule has 1 aliphatic heterocycles. The third-order valence-electron chi connectivity index (χ3n) is 6.23. The molecule has 193 valence electrons. The van der Waals surface area contributed by atoms with Gasteiger partial charge in [0, 0.05) is 25.0 Å². The van der Waals surface area contributed by atoms with Gasteiger partial charge < -0.3 is 0 Å². The quantitative estimate of drug-likeness (QED) is 0.366. The average molecular weight is 507 g/mol. The van der Waals surface area contributed by atoms with Crippen molar-refractivity contribution in [2.45, 2.75) is 70.4 Å². The van der Waals surface area contributed by atoms with Crippen LogP contribution in [-0.2, 0) is 12.4 Å². The predicted molar refractivity (Wildman–Crippen MR) is 118 cm³/mol. The molecule has 0 saturated carbocycles. The van der Waals surface area contributed by atoms with E-state index in [0.717, 1.165) is 30.7 Å². The van der Waals surface area contributed by atoms with Gasteiger partial charge in [0.2, 0.25) is 0 Å². The first kappa shape index (κ1) is 27.4. The van der Waals surface area contributed by atoms with Crippen LogP contribution in [0.4, 0.5) is 35.1 Å². The maximum Gasteiger partial charge on any atom is 0.416 e. The second-order valence-corrected chi connectivity index (χ2v) is 10.2. The van der Waals surface area contributed by atoms with Crippen molar-refractivity contribution in [3.05, 3.63) is 77.2 Å². The highest BCUT2D eigenvalue weighted by molar-refractivity contribution is 5.32. The molecule has 35 heavy (non-hydrogen) atoms. The zero-order valence-electron chi connectivity index (χ0n) is 19.7. The zero-order chi connectivity index (χ0) is 26.2. The van der Waals surface area contributed by atoms with Gasteiger partial charge in [-0.1, -0.05) is 45.0 Å². The summed E-state index contributed by atoms with van der Waals surface area (Å²) in [5, 5.41) is 0. The number of likely N-dealkylation sites (tertiary alicyclic amines) is 1. The molecule has 0 aliphatic carbocycles. The van der Waals surface area contributed by atoms with Crippen LogP contribution in [0, 0.1) is 11.8 Å². The Morgan fingerprint density at radius 1 is 0.829 bits per heavy atom. The van der Waals surface area contributed by atoms with Crippen molar-refractivity contribution in [3.63, 3.8) is 0 Å². The van der Waals surface area contributed by atoms with Gasteiger partial charge in [0.25, 0.3) is 5.92 Å². The molecular weight excluding hydrogens is 478 g/mol. The molecule has 0 amide bonds. The highest BCUT2D eigenvalue weighted by Crippen LogP contribution is 2.46. The molecule has 2 aromatic rings. The summed E-state index contributed by atoms with van der Waals surface area (Å²) in [6, 6.07) is 7.22. The van der Waals surface area contributed by atoms with E-state index in [9.17, 15) is 35.1 Å². The second kappa shape index (κ2) is 9.71. The lowest BCUT2D eigenvalue weighted by atomic mass is 9.84. The Morgan fingerprint density at radius 3 is 1.77 bits per heavy atom. The van der Waals surface area contributed by atoms with E-state index in [-0.39, 0.29) is 17.5 Å². The van der Waals surface area contributed by atoms with Crippen LogP contribution < -0.4 is 0 Å². The van der Waals surface area contributed by atoms with Gasteiger partial charge >= 0.3 is 12.4 Å². The van der Waals surface area contributed by atoms with Gasteiger partial charge in [0.15, 0.2) is 0 Å². The van der Waals surface area contributed by atoms with Crippen molar-refractivity contribution in [1.29, 1.82) is 0 Å². The highest BCUT2D eigenvalue weighted by Gasteiger charge is 2.44. The highest BCUT2D eigenvalue weighted by atomic mass is 19.4. The summed E-state index contributed by atoms with van der Waals surface area (Å²) in [7, 11) is 0. The zero-order valence-corrected chi connectivity index (χ0v) is 19.7. The lowest BCUT2D eigenvalue weighted by molar-refractivity contribution is -0.138. The molecular formula is C26H28F8N. The molecule has 1 heterocycles. The summed E-state index contributed by atoms with van der Waals surface area (Å²) in [4.78, 5) is 1.76. The number of rotatable bonds is 5. The molecule has 0 aromatic heterocycles. The number of hydrogen-bond donors (Lipinski definition) is 0. The van der Waals surface area contributed by atoms with E-state index in [4.69, 9.17) is 0 Å². The summed E-state index contributed by atoms with van der Waals surface area (Å²) >= 11 is 0. The molecule has 2 aromatic carbocycles. The topological polar surface area (TPSA) is 3.24 Å². The van der Waals surface area contributed by atoms with Crippen LogP contribution in [0.2, 0.25) is 0 Å². The van der Waals surface area contributed by atoms with Crippen molar-refractivity contribution >= 4 is 0 Å². The smallest absolute Gasteiger partial charge is 0.289 e. The van der Waals surface area contributed by atoms with Crippen LogP contribution in [-0.4, -0.2) is 17.4 Å². The first-order chi connectivity index (χ1) is 16.0. The fourth-order valence-corrected chi connectivity index (χ4v) is 4.32. The Kier molecular flexibility index (Phi) is 7.61. The molecule has 1 fully saturated rings. The second-order valence-electron chi connectivity index (χ2n) is 10.2. The largest absolute Gasteiger partial charge is 0.416 e. The van der Waals surface area contributed by atoms with E-state index in [1.807, 2.05) is 20.8 Å². The first-order valence-corrected chi connectivity index (χ1v) is 11.3. The van der Waals surface area contributed by atoms with Gasteiger partial charge in [0.05, 0.1) is 17.5 Å². The normalized spacial score (nSPS) is 20.6. The fourth-order valence-electron chi connectivity index (χ4n) is 4.32. The number of benzene rings is 2. The Bertz CT molecular complexity index is 969. The number of hydrogen-bond acceptors (Lipinski definition) is 1. The van der Waals surface area contributed by atoms with Crippen LogP contribution in [0.5, 0.6) is 0 Å². The molecule has 2 unspecified atom stereocenters. The van der Waals surface area contributed by atoms with Gasteiger partial charge in [-0.25, -0.2) is 8.78 Å². The summed E-state index contributed by atoms with van der Waals surface area (Å²) < 4.78 is 107. The van der Waals surface area contributed by atoms with E-state index < -0.39 is 47.9 Å². The lowest BCUT2D eigenvalue weighted by Gasteiger charge is -2.44. The van der Waals surface area contributed by atoms with Crippen LogP contribution in [0.3, 0.4) is 0 Å². The van der Waals surface area contributed by atoms with E-state index in [0.29, 0.717) is 18.4 Å². The maximum atomic E-state index is 14.4. The standard InChI is InChI=1S/C26H28F8N/c1-23(2,3)13-12-21(17-4-8-19(9-5-17)25(29,30)31)35-15-14-24(27,28)16-22(35)18-6-10-20(11-7-18)26(32,33)34/h4-11,16,21-22H,12-15H2,1-3H3. The van der Waals surface area contributed by atoms with E-state index in [1.54, 1.807) is 4.90 Å². The van der Waals surface area contributed by atoms with Crippen molar-refractivity contribution in [2.75, 3.05) is 6.54 Å². The summed E-state index contributed by atoms with van der Waals surface area (Å²) in [5.74, 6) is -3.13. The van der Waals surface area contributed by atoms with Gasteiger partial charge in [0.1, 0.15) is 0 Å². The van der Waals surface area contributed by atoms with Crippen LogP contribution in [0.1, 0.15) is 74.4 Å². The van der Waals surface area contributed by atoms with Crippen LogP contribution >= 0.6 is 0 Å². The number of halogens is 8. The Labute approximate surface area is 200 Å². The molecule has 1 saturated heterocycles. The molecule has 0 bridgehead atoms. The van der Waals surface area contributed by atoms with Crippen LogP contribution in [0.15, 0.2) is 48.5 Å². The summed E-state index contributed by atoms with van der Waals surface area (Å²) in [6.07, 6.45) is -7.60. The minimum atomic E-state index is -4.56. The number of alkyl halides is 8. The molecule has 0 spiro atoms. The number of piperidine rings is 1. The third-order valence-corrected chi connectivity index (χ3v) is 6.23. The van der Waals surface area contributed by atoms with E-state index in [2.05, 4.69) is 0 Å². The Morgan fingerprint density at radius 2 is 1.31 bits per heavy atom. The molecule has 1 aliphatic rings. The molecule has 1 radical (unpaired) electrons. The SMILES string of the molecule is CC(C)(C)CCC(c1ccc(C(F)(F)F)cc1)N1CCC(F)(F)[CH]C1c1ccc(C(F)(F)F)cc1. The molecule has 0 N–H and O–H groups in total. The maximum absolute atomic E-state index is 14.4. The van der Waals surface area contributed by atoms with Gasteiger partial charge in [-0.05, 0) is 53.6 Å². The van der Waals surface area contributed by atoms with Gasteiger partial charge in [-0.2, -0.15) is 26.3 Å². The van der Waals surface area contributed by atoms with Crippen molar-refractivity contribution in [1.82, 2.24) is 4.90 Å². The van der Waals surface area contributed by atoms with E-state index >= 15 is 0 Å². The molecule has 3 rings (SSSR count). The van der Waals surface area contributed by atoms with Crippen LogP contribution in [0.25, 0.3) is 0 Å². The van der Waals surface area contributed by atoms with Gasteiger partial charge in [-0.15, -0.1) is 0 Å². The number of nitrogens with zero attached hydrogens (tertiary/aromatic N) is 1. The average Bonchev–Trinajstić information content (AvgIpc) is 2.73.